The minimum atomic E-state index is -0.102. The number of rotatable bonds is 6. The van der Waals surface area contributed by atoms with Crippen molar-refractivity contribution in [1.82, 2.24) is 19.1 Å². The summed E-state index contributed by atoms with van der Waals surface area (Å²) >= 11 is 2.81. The Hall–Kier alpha value is -3.50. The Morgan fingerprint density at radius 3 is 1.55 bits per heavy atom. The molecular formula is C30H32N6O2S2. The smallest absolute Gasteiger partial charge is 0.277 e. The zero-order valence-corrected chi connectivity index (χ0v) is 23.9. The quantitative estimate of drug-likeness (QED) is 0.235. The number of hydrogen-bond donors (Lipinski definition) is 2. The molecule has 2 N–H and O–H groups in total. The first-order valence-electron chi connectivity index (χ1n) is 14.3. The highest BCUT2D eigenvalue weighted by atomic mass is 32.1. The maximum Gasteiger partial charge on any atom is 0.277 e. The number of benzene rings is 1. The molecular weight excluding hydrogens is 541 g/mol. The van der Waals surface area contributed by atoms with Gasteiger partial charge in [0.2, 0.25) is 11.9 Å². The van der Waals surface area contributed by atoms with Crippen molar-refractivity contribution in [2.24, 2.45) is 0 Å². The summed E-state index contributed by atoms with van der Waals surface area (Å²) in [4.78, 5) is 37.4. The first kappa shape index (κ1) is 25.5. The van der Waals surface area contributed by atoms with Gasteiger partial charge in [0.15, 0.2) is 0 Å². The van der Waals surface area contributed by atoms with Crippen LogP contribution in [0, 0.1) is 0 Å². The lowest BCUT2D eigenvalue weighted by atomic mass is 9.96. The summed E-state index contributed by atoms with van der Waals surface area (Å²) in [6.45, 7) is 0. The van der Waals surface area contributed by atoms with Crippen LogP contribution in [0.25, 0.3) is 31.8 Å². The molecule has 7 rings (SSSR count). The van der Waals surface area contributed by atoms with Crippen molar-refractivity contribution in [3.63, 3.8) is 0 Å². The topological polar surface area (TPSA) is 93.8 Å². The van der Waals surface area contributed by atoms with Crippen molar-refractivity contribution < 1.29 is 0 Å². The Bertz CT molecular complexity index is 1660. The average Bonchev–Trinajstić information content (AvgIpc) is 3.65. The van der Waals surface area contributed by atoms with Gasteiger partial charge < -0.3 is 10.6 Å². The summed E-state index contributed by atoms with van der Waals surface area (Å²) in [7, 11) is 0. The van der Waals surface area contributed by atoms with E-state index < -0.39 is 0 Å². The van der Waals surface area contributed by atoms with Gasteiger partial charge in [-0.15, -0.1) is 22.7 Å². The number of thiophene rings is 2. The number of hydrogen-bond acceptors (Lipinski definition) is 8. The molecule has 2 fully saturated rings. The van der Waals surface area contributed by atoms with Gasteiger partial charge in [0.1, 0.15) is 9.40 Å². The van der Waals surface area contributed by atoms with E-state index >= 15 is 0 Å². The summed E-state index contributed by atoms with van der Waals surface area (Å²) in [5.74, 6) is 1.11. The Kier molecular flexibility index (Phi) is 6.89. The Balaban J connectivity index is 1.36. The molecule has 1 aromatic carbocycles. The molecule has 4 heterocycles. The first-order chi connectivity index (χ1) is 19.7. The predicted molar refractivity (Wildman–Crippen MR) is 165 cm³/mol. The molecule has 2 aliphatic carbocycles. The number of fused-ring (bicyclic) bond motifs is 2. The minimum Gasteiger partial charge on any atom is -0.353 e. The van der Waals surface area contributed by atoms with E-state index in [1.165, 1.54) is 61.2 Å². The van der Waals surface area contributed by atoms with Crippen molar-refractivity contribution >= 4 is 55.0 Å². The van der Waals surface area contributed by atoms with Gasteiger partial charge in [-0.05, 0) is 66.8 Å². The van der Waals surface area contributed by atoms with Crippen LogP contribution in [-0.2, 0) is 0 Å². The van der Waals surface area contributed by atoms with Crippen LogP contribution >= 0.6 is 22.7 Å². The van der Waals surface area contributed by atoms with Crippen molar-refractivity contribution in [2.75, 3.05) is 10.6 Å². The van der Waals surface area contributed by atoms with Crippen molar-refractivity contribution in [1.29, 1.82) is 0 Å². The zero-order valence-electron chi connectivity index (χ0n) is 22.3. The van der Waals surface area contributed by atoms with Gasteiger partial charge in [0.05, 0.1) is 22.4 Å². The van der Waals surface area contributed by atoms with Gasteiger partial charge in [-0.1, -0.05) is 44.6 Å². The first-order valence-corrected chi connectivity index (χ1v) is 16.1. The summed E-state index contributed by atoms with van der Waals surface area (Å²) < 4.78 is 4.59. The summed E-state index contributed by atoms with van der Waals surface area (Å²) in [6, 6.07) is 12.0. The van der Waals surface area contributed by atoms with Gasteiger partial charge >= 0.3 is 0 Å². The standard InChI is InChI=1S/C30H32N6O2S2/c37-27-25-23(14-16-39-25)33-29(31-19-8-3-1-4-9-19)35(27)21-12-7-13-22(18-21)36-28(38)26-24(15-17-40-26)34-30(36)32-20-10-5-2-6-11-20/h7,12-20H,1-6,8-11H2,(H,31,33)(H,32,34). The highest BCUT2D eigenvalue weighted by Gasteiger charge is 2.22. The Morgan fingerprint density at radius 2 is 1.10 bits per heavy atom. The van der Waals surface area contributed by atoms with E-state index in [2.05, 4.69) is 10.6 Å². The molecule has 2 saturated carbocycles. The molecule has 0 aliphatic heterocycles. The van der Waals surface area contributed by atoms with Crippen molar-refractivity contribution in [2.45, 2.75) is 76.3 Å². The molecule has 0 atom stereocenters. The molecule has 0 amide bonds. The van der Waals surface area contributed by atoms with Crippen LogP contribution in [0.5, 0.6) is 0 Å². The highest BCUT2D eigenvalue weighted by molar-refractivity contribution is 7.17. The molecule has 8 nitrogen and oxygen atoms in total. The molecule has 2 aliphatic rings. The van der Waals surface area contributed by atoms with Crippen LogP contribution in [0.15, 0.2) is 56.7 Å². The third-order valence-electron chi connectivity index (χ3n) is 8.18. The molecule has 5 aromatic rings. The lowest BCUT2D eigenvalue weighted by Gasteiger charge is -2.25. The number of aromatic nitrogens is 4. The van der Waals surface area contributed by atoms with E-state index in [0.717, 1.165) is 25.7 Å². The lowest BCUT2D eigenvalue weighted by Crippen LogP contribution is -2.30. The lowest BCUT2D eigenvalue weighted by molar-refractivity contribution is 0.460. The van der Waals surface area contributed by atoms with E-state index in [-0.39, 0.29) is 23.2 Å². The second kappa shape index (κ2) is 10.8. The minimum absolute atomic E-state index is 0.102. The van der Waals surface area contributed by atoms with E-state index in [1.54, 1.807) is 9.13 Å². The monoisotopic (exact) mass is 572 g/mol. The normalized spacial score (nSPS) is 17.0. The fourth-order valence-electron chi connectivity index (χ4n) is 6.13. The van der Waals surface area contributed by atoms with Crippen molar-refractivity contribution in [3.8, 4) is 11.4 Å². The van der Waals surface area contributed by atoms with E-state index in [0.29, 0.717) is 43.7 Å². The molecule has 4 aromatic heterocycles. The molecule has 0 spiro atoms. The third-order valence-corrected chi connectivity index (χ3v) is 9.97. The van der Waals surface area contributed by atoms with Crippen molar-refractivity contribution in [3.05, 3.63) is 67.9 Å². The number of nitrogens with one attached hydrogen (secondary N) is 2. The second-order valence-corrected chi connectivity index (χ2v) is 12.7. The Labute approximate surface area is 239 Å². The Morgan fingerprint density at radius 1 is 0.650 bits per heavy atom. The molecule has 0 bridgehead atoms. The number of nitrogens with zero attached hydrogens (tertiary/aromatic N) is 4. The van der Waals surface area contributed by atoms with E-state index in [9.17, 15) is 9.59 Å². The zero-order chi connectivity index (χ0) is 27.1. The van der Waals surface area contributed by atoms with Crippen LogP contribution in [0.1, 0.15) is 64.2 Å². The van der Waals surface area contributed by atoms with E-state index in [4.69, 9.17) is 9.97 Å². The van der Waals surface area contributed by atoms with Crippen LogP contribution in [-0.4, -0.2) is 31.2 Å². The van der Waals surface area contributed by atoms with Crippen LogP contribution in [0.3, 0.4) is 0 Å². The molecule has 206 valence electrons. The maximum atomic E-state index is 13.8. The number of anilines is 2. The van der Waals surface area contributed by atoms with Gasteiger partial charge in [0, 0.05) is 12.1 Å². The molecule has 0 radical (unpaired) electrons. The molecule has 40 heavy (non-hydrogen) atoms. The second-order valence-electron chi connectivity index (χ2n) is 10.9. The fraction of sp³-hybridized carbons (Fsp3) is 0.400. The summed E-state index contributed by atoms with van der Waals surface area (Å²) in [6.07, 6.45) is 11.5. The molecule has 10 heteroatoms. The van der Waals surface area contributed by atoms with Gasteiger partial charge in [-0.2, -0.15) is 0 Å². The predicted octanol–water partition coefficient (Wildman–Crippen LogP) is 6.70. The molecule has 0 unspecified atom stereocenters. The largest absolute Gasteiger partial charge is 0.353 e. The van der Waals surface area contributed by atoms with E-state index in [1.807, 2.05) is 47.2 Å². The van der Waals surface area contributed by atoms with Crippen LogP contribution < -0.4 is 21.8 Å². The summed E-state index contributed by atoms with van der Waals surface area (Å²) in [5, 5.41) is 11.0. The summed E-state index contributed by atoms with van der Waals surface area (Å²) in [5.41, 5.74) is 2.56. The maximum absolute atomic E-state index is 13.8. The van der Waals surface area contributed by atoms with Gasteiger partial charge in [-0.3, -0.25) is 9.59 Å². The van der Waals surface area contributed by atoms with Crippen LogP contribution in [0.2, 0.25) is 0 Å². The van der Waals surface area contributed by atoms with Crippen LogP contribution in [0.4, 0.5) is 11.9 Å². The average molecular weight is 573 g/mol. The molecule has 0 saturated heterocycles. The van der Waals surface area contributed by atoms with Gasteiger partial charge in [-0.25, -0.2) is 19.1 Å². The highest BCUT2D eigenvalue weighted by Crippen LogP contribution is 2.28. The third kappa shape index (κ3) is 4.73. The SMILES string of the molecule is O=c1c2sccc2nc(NC2CCCCC2)n1-c1cccc(-n2c(NC3CCCCC3)nc3ccsc3c2=O)c1. The van der Waals surface area contributed by atoms with Gasteiger partial charge in [0.25, 0.3) is 11.1 Å². The fourth-order valence-corrected chi connectivity index (χ4v) is 7.65.